The Balaban J connectivity index is 1.71. The fraction of sp³-hybridized carbons (Fsp3) is 0.0833. The normalized spacial score (nSPS) is 11.7. The van der Waals surface area contributed by atoms with Gasteiger partial charge < -0.3 is 20.9 Å². The Morgan fingerprint density at radius 3 is 2.55 bits per heavy atom. The molecular formula is C24H21BrIN3O4. The fourth-order valence-corrected chi connectivity index (χ4v) is 3.70. The van der Waals surface area contributed by atoms with Crippen LogP contribution in [0.5, 0.6) is 5.75 Å². The number of nitrogens with one attached hydrogen (secondary N) is 2. The van der Waals surface area contributed by atoms with Crippen LogP contribution >= 0.6 is 38.5 Å². The first kappa shape index (κ1) is 24.6. The Hall–Kier alpha value is -3.05. The number of halogens is 2. The molecule has 0 radical (unpaired) electrons. The molecule has 3 aromatic carbocycles. The van der Waals surface area contributed by atoms with Crippen molar-refractivity contribution in [2.75, 3.05) is 16.4 Å². The standard InChI is InChI=1S/C24H21BrIN3O4/c25-15-8-11-17(12-9-15)28-24(32)33-22(18-14-16(26)10-13-21(18)30)6-3-7-23(31)29-20-5-2-1-4-19(20)27/h1-5,7-14,22,30H,6,27H2,(H,28,32)(H,29,31)/b7-3+/t22-/m1/s1. The van der Waals surface area contributed by atoms with Crippen molar-refractivity contribution in [3.8, 4) is 5.75 Å². The second kappa shape index (κ2) is 11.7. The zero-order valence-corrected chi connectivity index (χ0v) is 21.0. The zero-order valence-electron chi connectivity index (χ0n) is 17.3. The molecule has 3 aromatic rings. The summed E-state index contributed by atoms with van der Waals surface area (Å²) in [5.41, 5.74) is 7.80. The number of phenolic OH excluding ortho intramolecular Hbond substituents is 1. The molecule has 3 rings (SSSR count). The van der Waals surface area contributed by atoms with Crippen LogP contribution in [0.25, 0.3) is 0 Å². The number of nitrogens with two attached hydrogens (primary N) is 1. The summed E-state index contributed by atoms with van der Waals surface area (Å²) in [6.45, 7) is 0. The number of hydrogen-bond acceptors (Lipinski definition) is 5. The van der Waals surface area contributed by atoms with Crippen molar-refractivity contribution < 1.29 is 19.4 Å². The molecule has 9 heteroatoms. The van der Waals surface area contributed by atoms with E-state index in [2.05, 4.69) is 49.2 Å². The van der Waals surface area contributed by atoms with Gasteiger partial charge in [0.2, 0.25) is 5.91 Å². The van der Waals surface area contributed by atoms with E-state index in [-0.39, 0.29) is 18.1 Å². The van der Waals surface area contributed by atoms with E-state index >= 15 is 0 Å². The highest BCUT2D eigenvalue weighted by molar-refractivity contribution is 14.1. The van der Waals surface area contributed by atoms with Crippen LogP contribution in [0.2, 0.25) is 0 Å². The number of amides is 2. The summed E-state index contributed by atoms with van der Waals surface area (Å²) in [5.74, 6) is -0.385. The lowest BCUT2D eigenvalue weighted by atomic mass is 10.0. The first-order valence-electron chi connectivity index (χ1n) is 9.85. The Morgan fingerprint density at radius 2 is 1.82 bits per heavy atom. The molecule has 0 unspecified atom stereocenters. The smallest absolute Gasteiger partial charge is 0.412 e. The largest absolute Gasteiger partial charge is 0.508 e. The number of carbonyl (C=O) groups is 2. The molecule has 170 valence electrons. The first-order valence-corrected chi connectivity index (χ1v) is 11.7. The molecule has 0 aliphatic heterocycles. The fourth-order valence-electron chi connectivity index (χ4n) is 2.92. The van der Waals surface area contributed by atoms with Crippen LogP contribution in [0, 0.1) is 3.57 Å². The average molecular weight is 622 g/mol. The van der Waals surface area contributed by atoms with Gasteiger partial charge in [-0.25, -0.2) is 4.79 Å². The van der Waals surface area contributed by atoms with Crippen LogP contribution in [-0.4, -0.2) is 17.1 Å². The van der Waals surface area contributed by atoms with Gasteiger partial charge in [-0.1, -0.05) is 34.1 Å². The highest BCUT2D eigenvalue weighted by Crippen LogP contribution is 2.31. The quantitative estimate of drug-likeness (QED) is 0.142. The number of hydrogen-bond donors (Lipinski definition) is 4. The maximum absolute atomic E-state index is 12.5. The summed E-state index contributed by atoms with van der Waals surface area (Å²) in [5, 5.41) is 15.7. The number of para-hydroxylation sites is 2. The molecule has 0 aliphatic rings. The molecule has 0 aromatic heterocycles. The van der Waals surface area contributed by atoms with Gasteiger partial charge in [0, 0.05) is 25.7 Å². The third-order valence-electron chi connectivity index (χ3n) is 4.51. The van der Waals surface area contributed by atoms with Crippen LogP contribution in [0.15, 0.2) is 83.4 Å². The van der Waals surface area contributed by atoms with Gasteiger partial charge in [0.1, 0.15) is 11.9 Å². The van der Waals surface area contributed by atoms with Gasteiger partial charge in [-0.2, -0.15) is 0 Å². The van der Waals surface area contributed by atoms with E-state index < -0.39 is 12.2 Å². The molecule has 1 atom stereocenters. The minimum atomic E-state index is -0.819. The molecular weight excluding hydrogens is 601 g/mol. The van der Waals surface area contributed by atoms with Crippen LogP contribution in [0.3, 0.4) is 0 Å². The van der Waals surface area contributed by atoms with Crippen molar-refractivity contribution in [3.63, 3.8) is 0 Å². The van der Waals surface area contributed by atoms with Crippen LogP contribution < -0.4 is 16.4 Å². The van der Waals surface area contributed by atoms with Crippen LogP contribution in [-0.2, 0) is 9.53 Å². The van der Waals surface area contributed by atoms with Gasteiger partial charge in [0.05, 0.1) is 11.4 Å². The van der Waals surface area contributed by atoms with Gasteiger partial charge in [0.25, 0.3) is 0 Å². The van der Waals surface area contributed by atoms with Gasteiger partial charge in [-0.15, -0.1) is 0 Å². The second-order valence-corrected chi connectivity index (χ2v) is 9.10. The van der Waals surface area contributed by atoms with E-state index in [1.165, 1.54) is 12.1 Å². The zero-order chi connectivity index (χ0) is 23.8. The molecule has 2 amide bonds. The van der Waals surface area contributed by atoms with E-state index in [1.54, 1.807) is 66.7 Å². The molecule has 0 aliphatic carbocycles. The third-order valence-corrected chi connectivity index (χ3v) is 5.71. The van der Waals surface area contributed by atoms with Crippen molar-refractivity contribution in [2.45, 2.75) is 12.5 Å². The number of phenols is 1. The summed E-state index contributed by atoms with van der Waals surface area (Å²) >= 11 is 5.45. The maximum atomic E-state index is 12.5. The summed E-state index contributed by atoms with van der Waals surface area (Å²) in [7, 11) is 0. The lowest BCUT2D eigenvalue weighted by Crippen LogP contribution is -2.17. The molecule has 7 nitrogen and oxygen atoms in total. The summed E-state index contributed by atoms with van der Waals surface area (Å²) in [4.78, 5) is 24.8. The average Bonchev–Trinajstić information content (AvgIpc) is 2.78. The van der Waals surface area contributed by atoms with Gasteiger partial charge >= 0.3 is 6.09 Å². The van der Waals surface area contributed by atoms with Crippen molar-refractivity contribution >= 4 is 67.6 Å². The number of aromatic hydroxyl groups is 1. The number of ether oxygens (including phenoxy) is 1. The van der Waals surface area contributed by atoms with Gasteiger partial charge in [0.15, 0.2) is 0 Å². The lowest BCUT2D eigenvalue weighted by Gasteiger charge is -2.19. The van der Waals surface area contributed by atoms with E-state index in [4.69, 9.17) is 10.5 Å². The molecule has 0 spiro atoms. The number of anilines is 3. The Kier molecular flexibility index (Phi) is 8.72. The van der Waals surface area contributed by atoms with Crippen molar-refractivity contribution in [2.24, 2.45) is 0 Å². The van der Waals surface area contributed by atoms with Crippen molar-refractivity contribution in [1.82, 2.24) is 0 Å². The topological polar surface area (TPSA) is 114 Å². The van der Waals surface area contributed by atoms with E-state index in [9.17, 15) is 14.7 Å². The molecule has 0 heterocycles. The minimum Gasteiger partial charge on any atom is -0.508 e. The van der Waals surface area contributed by atoms with E-state index in [1.807, 2.05) is 0 Å². The number of nitrogen functional groups attached to an aromatic ring is 1. The minimum absolute atomic E-state index is 0.00762. The van der Waals surface area contributed by atoms with Crippen LogP contribution in [0.4, 0.5) is 21.9 Å². The molecule has 0 saturated carbocycles. The highest BCUT2D eigenvalue weighted by Gasteiger charge is 2.20. The van der Waals surface area contributed by atoms with Gasteiger partial charge in [-0.05, 0) is 83.3 Å². The van der Waals surface area contributed by atoms with Crippen LogP contribution in [0.1, 0.15) is 18.1 Å². The monoisotopic (exact) mass is 621 g/mol. The molecule has 0 bridgehead atoms. The second-order valence-electron chi connectivity index (χ2n) is 6.94. The Bertz CT molecular complexity index is 1170. The van der Waals surface area contributed by atoms with Crippen molar-refractivity contribution in [1.29, 1.82) is 0 Å². The Labute approximate surface area is 213 Å². The summed E-state index contributed by atoms with van der Waals surface area (Å²) < 4.78 is 7.34. The molecule has 33 heavy (non-hydrogen) atoms. The van der Waals surface area contributed by atoms with E-state index in [0.29, 0.717) is 22.6 Å². The maximum Gasteiger partial charge on any atom is 0.412 e. The predicted molar refractivity (Wildman–Crippen MR) is 141 cm³/mol. The number of benzene rings is 3. The predicted octanol–water partition coefficient (Wildman–Crippen LogP) is 6.22. The van der Waals surface area contributed by atoms with E-state index in [0.717, 1.165) is 8.04 Å². The molecule has 0 saturated heterocycles. The van der Waals surface area contributed by atoms with Gasteiger partial charge in [-0.3, -0.25) is 10.1 Å². The lowest BCUT2D eigenvalue weighted by molar-refractivity contribution is -0.111. The summed E-state index contributed by atoms with van der Waals surface area (Å²) in [6.07, 6.45) is 1.57. The SMILES string of the molecule is Nc1ccccc1NC(=O)/C=C/C[C@@H](OC(=O)Nc1ccc(Br)cc1)c1cc(I)ccc1O. The summed E-state index contributed by atoms with van der Waals surface area (Å²) in [6, 6.07) is 19.0. The highest BCUT2D eigenvalue weighted by atomic mass is 127. The first-order chi connectivity index (χ1) is 15.8. The van der Waals surface area contributed by atoms with Crippen molar-refractivity contribution in [3.05, 3.63) is 92.5 Å². The number of rotatable bonds is 7. The molecule has 0 fully saturated rings. The number of carbonyl (C=O) groups excluding carboxylic acids is 2. The molecule has 5 N–H and O–H groups in total. The third kappa shape index (κ3) is 7.50. The Morgan fingerprint density at radius 1 is 1.09 bits per heavy atom.